The number of hydrogen-bond donors (Lipinski definition) is 3. The molecule has 2 aromatic rings. The third-order valence-electron chi connectivity index (χ3n) is 3.20. The second-order valence-electron chi connectivity index (χ2n) is 4.37. The molecule has 0 amide bonds. The highest BCUT2D eigenvalue weighted by molar-refractivity contribution is 14.1. The standard InChI is InChI=1S/C11H12IN5O3/c12-2-1-5-7(18)8(19)11(20-5)17-4-16-6-9(13)14-3-15-10(6)17/h1-5,7-8,11,18-19H,(H2,13,14,15)/t5-,7?,8?,11-/m1/s1. The molecule has 3 heterocycles. The Bertz CT molecular complexity index is 661. The van der Waals surface area contributed by atoms with E-state index >= 15 is 0 Å². The molecular formula is C11H12IN5O3. The molecule has 0 spiro atoms. The van der Waals surface area contributed by atoms with E-state index in [-0.39, 0.29) is 5.82 Å². The van der Waals surface area contributed by atoms with Gasteiger partial charge in [-0.05, 0) is 10.2 Å². The largest absolute Gasteiger partial charge is 0.387 e. The van der Waals surface area contributed by atoms with Crippen LogP contribution in [0.5, 0.6) is 0 Å². The minimum atomic E-state index is -1.08. The van der Waals surface area contributed by atoms with E-state index < -0.39 is 24.5 Å². The summed E-state index contributed by atoms with van der Waals surface area (Å²) in [6.07, 6.45) is 1.01. The van der Waals surface area contributed by atoms with Gasteiger partial charge in [0, 0.05) is 0 Å². The molecule has 0 aromatic carbocycles. The Morgan fingerprint density at radius 3 is 2.85 bits per heavy atom. The average molecular weight is 389 g/mol. The maximum absolute atomic E-state index is 10.1. The molecule has 8 nitrogen and oxygen atoms in total. The van der Waals surface area contributed by atoms with E-state index in [1.165, 1.54) is 12.7 Å². The summed E-state index contributed by atoms with van der Waals surface area (Å²) in [4.78, 5) is 12.1. The maximum Gasteiger partial charge on any atom is 0.167 e. The summed E-state index contributed by atoms with van der Waals surface area (Å²) < 4.78 is 8.92. The zero-order valence-corrected chi connectivity index (χ0v) is 12.3. The summed E-state index contributed by atoms with van der Waals surface area (Å²) in [5.41, 5.74) is 6.60. The summed E-state index contributed by atoms with van der Waals surface area (Å²) in [6.45, 7) is 0. The van der Waals surface area contributed by atoms with Crippen LogP contribution in [-0.2, 0) is 4.74 Å². The van der Waals surface area contributed by atoms with Crippen LogP contribution in [-0.4, -0.2) is 48.0 Å². The van der Waals surface area contributed by atoms with Gasteiger partial charge >= 0.3 is 0 Å². The third kappa shape index (κ3) is 2.06. The van der Waals surface area contributed by atoms with Crippen LogP contribution >= 0.6 is 22.6 Å². The molecule has 20 heavy (non-hydrogen) atoms. The number of aromatic nitrogens is 4. The first-order valence-electron chi connectivity index (χ1n) is 5.85. The Kier molecular flexibility index (Phi) is 3.58. The van der Waals surface area contributed by atoms with Crippen LogP contribution in [0.1, 0.15) is 6.23 Å². The molecular weight excluding hydrogens is 377 g/mol. The summed E-state index contributed by atoms with van der Waals surface area (Å²) in [7, 11) is 0. The van der Waals surface area contributed by atoms with E-state index in [0.717, 1.165) is 0 Å². The number of aliphatic hydroxyl groups is 2. The Balaban J connectivity index is 2.02. The molecule has 1 fully saturated rings. The predicted molar refractivity (Wildman–Crippen MR) is 78.8 cm³/mol. The lowest BCUT2D eigenvalue weighted by atomic mass is 10.1. The van der Waals surface area contributed by atoms with Crippen LogP contribution in [0.2, 0.25) is 0 Å². The lowest BCUT2D eigenvalue weighted by molar-refractivity contribution is -0.0244. The molecule has 3 rings (SSSR count). The summed E-state index contributed by atoms with van der Waals surface area (Å²) in [5.74, 6) is 0.255. The smallest absolute Gasteiger partial charge is 0.167 e. The Morgan fingerprint density at radius 1 is 1.30 bits per heavy atom. The number of rotatable bonds is 2. The number of fused-ring (bicyclic) bond motifs is 1. The van der Waals surface area contributed by atoms with Gasteiger partial charge in [0.25, 0.3) is 0 Å². The number of nitrogens with two attached hydrogens (primary N) is 1. The van der Waals surface area contributed by atoms with E-state index in [9.17, 15) is 10.2 Å². The maximum atomic E-state index is 10.1. The number of imidazole rings is 1. The molecule has 1 saturated heterocycles. The minimum Gasteiger partial charge on any atom is -0.387 e. The van der Waals surface area contributed by atoms with Crippen LogP contribution in [0.3, 0.4) is 0 Å². The number of ether oxygens (including phenoxy) is 1. The van der Waals surface area contributed by atoms with E-state index in [0.29, 0.717) is 11.2 Å². The molecule has 0 aliphatic carbocycles. The van der Waals surface area contributed by atoms with Crippen molar-refractivity contribution in [1.29, 1.82) is 0 Å². The van der Waals surface area contributed by atoms with Crippen molar-refractivity contribution < 1.29 is 14.9 Å². The predicted octanol–water partition coefficient (Wildman–Crippen LogP) is -0.0236. The van der Waals surface area contributed by atoms with Gasteiger partial charge in [0.05, 0.1) is 6.33 Å². The Hall–Kier alpha value is -1.30. The molecule has 1 aliphatic rings. The van der Waals surface area contributed by atoms with E-state index in [4.69, 9.17) is 10.5 Å². The Labute approximate surface area is 127 Å². The van der Waals surface area contributed by atoms with Gasteiger partial charge in [-0.15, -0.1) is 0 Å². The van der Waals surface area contributed by atoms with Crippen LogP contribution < -0.4 is 5.73 Å². The lowest BCUT2D eigenvalue weighted by Gasteiger charge is -2.16. The fraction of sp³-hybridized carbons (Fsp3) is 0.364. The van der Waals surface area contributed by atoms with Gasteiger partial charge in [-0.3, -0.25) is 4.57 Å². The summed E-state index contributed by atoms with van der Waals surface area (Å²) >= 11 is 2.02. The highest BCUT2D eigenvalue weighted by Gasteiger charge is 2.43. The van der Waals surface area contributed by atoms with E-state index in [1.54, 1.807) is 14.7 Å². The SMILES string of the molecule is Nc1ncnc2c1ncn2[C@@H]1O[C@H](C=CI)C(O)C1O. The average Bonchev–Trinajstić information content (AvgIpc) is 2.97. The Morgan fingerprint density at radius 2 is 2.10 bits per heavy atom. The number of nitrogens with zero attached hydrogens (tertiary/aromatic N) is 4. The molecule has 2 unspecified atom stereocenters. The lowest BCUT2D eigenvalue weighted by Crippen LogP contribution is -2.30. The fourth-order valence-corrected chi connectivity index (χ4v) is 2.61. The van der Waals surface area contributed by atoms with Gasteiger partial charge in [-0.1, -0.05) is 22.6 Å². The number of hydrogen-bond acceptors (Lipinski definition) is 7. The molecule has 106 valence electrons. The second-order valence-corrected chi connectivity index (χ2v) is 5.09. The van der Waals surface area contributed by atoms with Crippen molar-refractivity contribution in [3.8, 4) is 0 Å². The normalized spacial score (nSPS) is 30.6. The number of aliphatic hydroxyl groups excluding tert-OH is 2. The number of anilines is 1. The van der Waals surface area contributed by atoms with E-state index in [2.05, 4.69) is 15.0 Å². The quantitative estimate of drug-likeness (QED) is 0.618. The third-order valence-corrected chi connectivity index (χ3v) is 3.61. The highest BCUT2D eigenvalue weighted by atomic mass is 127. The number of halogens is 1. The van der Waals surface area contributed by atoms with Crippen LogP contribution in [0.25, 0.3) is 11.2 Å². The first kappa shape index (κ1) is 13.7. The molecule has 0 radical (unpaired) electrons. The van der Waals surface area contributed by atoms with Crippen molar-refractivity contribution >= 4 is 39.6 Å². The van der Waals surface area contributed by atoms with E-state index in [1.807, 2.05) is 22.6 Å². The molecule has 0 saturated carbocycles. The fourth-order valence-electron chi connectivity index (χ4n) is 2.20. The molecule has 0 bridgehead atoms. The van der Waals surface area contributed by atoms with Gasteiger partial charge in [0.1, 0.15) is 30.2 Å². The van der Waals surface area contributed by atoms with Gasteiger partial charge in [0.15, 0.2) is 17.7 Å². The highest BCUT2D eigenvalue weighted by Crippen LogP contribution is 2.32. The van der Waals surface area contributed by atoms with Gasteiger partial charge in [0.2, 0.25) is 0 Å². The van der Waals surface area contributed by atoms with Crippen molar-refractivity contribution in [3.05, 3.63) is 22.8 Å². The van der Waals surface area contributed by atoms with Crippen molar-refractivity contribution in [1.82, 2.24) is 19.5 Å². The van der Waals surface area contributed by atoms with Crippen molar-refractivity contribution in [3.63, 3.8) is 0 Å². The number of nitrogen functional groups attached to an aromatic ring is 1. The molecule has 9 heteroatoms. The molecule has 4 N–H and O–H groups in total. The summed E-state index contributed by atoms with van der Waals surface area (Å²) in [5, 5.41) is 20.1. The topological polar surface area (TPSA) is 119 Å². The molecule has 1 aliphatic heterocycles. The van der Waals surface area contributed by atoms with Crippen molar-refractivity contribution in [2.24, 2.45) is 0 Å². The first-order chi connectivity index (χ1) is 9.63. The van der Waals surface area contributed by atoms with Crippen molar-refractivity contribution in [2.45, 2.75) is 24.5 Å². The van der Waals surface area contributed by atoms with Gasteiger partial charge in [-0.25, -0.2) is 15.0 Å². The molecule has 2 aromatic heterocycles. The van der Waals surface area contributed by atoms with Crippen molar-refractivity contribution in [2.75, 3.05) is 5.73 Å². The van der Waals surface area contributed by atoms with Crippen LogP contribution in [0.4, 0.5) is 5.82 Å². The van der Waals surface area contributed by atoms with Gasteiger partial charge in [-0.2, -0.15) is 0 Å². The second kappa shape index (κ2) is 5.24. The molecule has 4 atom stereocenters. The monoisotopic (exact) mass is 389 g/mol. The summed E-state index contributed by atoms with van der Waals surface area (Å²) in [6, 6.07) is 0. The van der Waals surface area contributed by atoms with Gasteiger partial charge < -0.3 is 20.7 Å². The zero-order valence-electron chi connectivity index (χ0n) is 10.2. The minimum absolute atomic E-state index is 0.255. The van der Waals surface area contributed by atoms with Crippen LogP contribution in [0.15, 0.2) is 22.8 Å². The van der Waals surface area contributed by atoms with Crippen LogP contribution in [0, 0.1) is 0 Å². The first-order valence-corrected chi connectivity index (χ1v) is 7.09. The zero-order chi connectivity index (χ0) is 14.3.